The van der Waals surface area contributed by atoms with E-state index in [0.29, 0.717) is 11.4 Å². The van der Waals surface area contributed by atoms with Crippen molar-refractivity contribution in [1.82, 2.24) is 4.57 Å². The van der Waals surface area contributed by atoms with Crippen molar-refractivity contribution in [3.63, 3.8) is 0 Å². The van der Waals surface area contributed by atoms with Gasteiger partial charge in [0.2, 0.25) is 0 Å². The Kier molecular flexibility index (Phi) is 6.43. The summed E-state index contributed by atoms with van der Waals surface area (Å²) in [5.74, 6) is -1.31. The first-order valence-corrected chi connectivity index (χ1v) is 12.3. The van der Waals surface area contributed by atoms with Crippen molar-refractivity contribution >= 4 is 41.0 Å². The summed E-state index contributed by atoms with van der Waals surface area (Å²) in [6.07, 6.45) is 1.59. The number of barbiturate groups is 1. The van der Waals surface area contributed by atoms with Gasteiger partial charge in [-0.3, -0.25) is 9.59 Å². The summed E-state index contributed by atoms with van der Waals surface area (Å²) in [4.78, 5) is 45.0. The maximum absolute atomic E-state index is 13.7. The van der Waals surface area contributed by atoms with E-state index in [0.717, 1.165) is 38.1 Å². The van der Waals surface area contributed by atoms with Gasteiger partial charge in [0.25, 0.3) is 11.8 Å². The Morgan fingerprint density at radius 1 is 0.658 bits per heavy atom. The number of hydrogen-bond acceptors (Lipinski definition) is 4. The standard InChI is InChI=1S/C31H28N4O3/c1-21-19-23(22(2)33(21)27-17-15-24(16-18-27)32(3)4)20-28-29(36)34(25-11-7-5-8-12-25)31(38)35(30(28)37)26-13-9-6-10-14-26/h5-20H,1-4H3. The van der Waals surface area contributed by atoms with Crippen molar-refractivity contribution in [2.24, 2.45) is 0 Å². The van der Waals surface area contributed by atoms with Crippen LogP contribution in [-0.2, 0) is 9.59 Å². The summed E-state index contributed by atoms with van der Waals surface area (Å²) < 4.78 is 2.08. The van der Waals surface area contributed by atoms with Crippen LogP contribution in [0.4, 0.5) is 21.9 Å². The fourth-order valence-electron chi connectivity index (χ4n) is 4.73. The first-order chi connectivity index (χ1) is 18.3. The van der Waals surface area contributed by atoms with E-state index in [1.165, 1.54) is 0 Å². The molecule has 0 bridgehead atoms. The van der Waals surface area contributed by atoms with Gasteiger partial charge in [-0.25, -0.2) is 14.6 Å². The minimum absolute atomic E-state index is 0.0829. The van der Waals surface area contributed by atoms with Crippen LogP contribution in [0.3, 0.4) is 0 Å². The molecule has 0 unspecified atom stereocenters. The minimum atomic E-state index is -0.707. The van der Waals surface area contributed by atoms with Gasteiger partial charge in [0.1, 0.15) is 5.57 Å². The molecule has 5 rings (SSSR count). The Balaban J connectivity index is 1.62. The van der Waals surface area contributed by atoms with Crippen LogP contribution in [0, 0.1) is 13.8 Å². The second-order valence-electron chi connectivity index (χ2n) is 9.37. The third-order valence-electron chi connectivity index (χ3n) is 6.67. The molecular formula is C31H28N4O3. The van der Waals surface area contributed by atoms with E-state index < -0.39 is 17.8 Å². The topological polar surface area (TPSA) is 65.9 Å². The number of aromatic nitrogens is 1. The summed E-state index contributed by atoms with van der Waals surface area (Å²) in [6, 6.07) is 26.7. The first kappa shape index (κ1) is 24.8. The lowest BCUT2D eigenvalue weighted by molar-refractivity contribution is -0.121. The Morgan fingerprint density at radius 2 is 1.16 bits per heavy atom. The number of hydrogen-bond donors (Lipinski definition) is 0. The molecule has 190 valence electrons. The van der Waals surface area contributed by atoms with Crippen LogP contribution in [0.1, 0.15) is 17.0 Å². The predicted molar refractivity (Wildman–Crippen MR) is 151 cm³/mol. The van der Waals surface area contributed by atoms with E-state index >= 15 is 0 Å². The largest absolute Gasteiger partial charge is 0.378 e. The fourth-order valence-corrected chi connectivity index (χ4v) is 4.73. The third-order valence-corrected chi connectivity index (χ3v) is 6.67. The maximum atomic E-state index is 13.7. The molecule has 1 aromatic heterocycles. The van der Waals surface area contributed by atoms with Gasteiger partial charge >= 0.3 is 6.03 Å². The molecular weight excluding hydrogens is 476 g/mol. The number of rotatable bonds is 5. The maximum Gasteiger partial charge on any atom is 0.343 e. The Morgan fingerprint density at radius 3 is 1.63 bits per heavy atom. The van der Waals surface area contributed by atoms with Crippen molar-refractivity contribution in [1.29, 1.82) is 0 Å². The smallest absolute Gasteiger partial charge is 0.343 e. The van der Waals surface area contributed by atoms with Crippen LogP contribution >= 0.6 is 0 Å². The van der Waals surface area contributed by atoms with Crippen molar-refractivity contribution in [3.8, 4) is 5.69 Å². The normalized spacial score (nSPS) is 13.8. The molecule has 0 saturated carbocycles. The molecule has 7 nitrogen and oxygen atoms in total. The molecule has 1 aliphatic rings. The number of nitrogens with zero attached hydrogens (tertiary/aromatic N) is 4. The monoisotopic (exact) mass is 504 g/mol. The van der Waals surface area contributed by atoms with Gasteiger partial charge in [-0.05, 0) is 80.1 Å². The van der Waals surface area contributed by atoms with Gasteiger partial charge in [0.15, 0.2) is 0 Å². The highest BCUT2D eigenvalue weighted by Crippen LogP contribution is 2.31. The summed E-state index contributed by atoms with van der Waals surface area (Å²) in [7, 11) is 3.98. The second-order valence-corrected chi connectivity index (χ2v) is 9.37. The zero-order valence-electron chi connectivity index (χ0n) is 21.8. The van der Waals surface area contributed by atoms with Gasteiger partial charge in [-0.15, -0.1) is 0 Å². The molecule has 7 heteroatoms. The van der Waals surface area contributed by atoms with E-state index in [1.54, 1.807) is 66.7 Å². The van der Waals surface area contributed by atoms with Crippen molar-refractivity contribution in [2.75, 3.05) is 28.8 Å². The molecule has 0 atom stereocenters. The molecule has 0 N–H and O–H groups in total. The predicted octanol–water partition coefficient (Wildman–Crippen LogP) is 5.74. The van der Waals surface area contributed by atoms with Crippen molar-refractivity contribution in [2.45, 2.75) is 13.8 Å². The van der Waals surface area contributed by atoms with Gasteiger partial charge in [0.05, 0.1) is 11.4 Å². The lowest BCUT2D eigenvalue weighted by Crippen LogP contribution is -2.57. The summed E-state index contributed by atoms with van der Waals surface area (Å²) in [5.41, 5.74) is 5.33. The van der Waals surface area contributed by atoms with Crippen molar-refractivity contribution in [3.05, 3.63) is 114 Å². The molecule has 2 heterocycles. The lowest BCUT2D eigenvalue weighted by atomic mass is 10.0. The number of aryl methyl sites for hydroxylation is 1. The zero-order valence-corrected chi connectivity index (χ0v) is 21.8. The third kappa shape index (κ3) is 4.28. The highest BCUT2D eigenvalue weighted by molar-refractivity contribution is 6.46. The van der Waals surface area contributed by atoms with Crippen LogP contribution in [-0.4, -0.2) is 36.5 Å². The number of amides is 4. The number of carbonyl (C=O) groups excluding carboxylic acids is 3. The Hall–Kier alpha value is -4.91. The highest BCUT2D eigenvalue weighted by atomic mass is 16.2. The molecule has 0 spiro atoms. The van der Waals surface area contributed by atoms with E-state index in [1.807, 2.05) is 63.2 Å². The Labute approximate surface area is 221 Å². The van der Waals surface area contributed by atoms with Crippen LogP contribution in [0.25, 0.3) is 11.8 Å². The molecule has 3 aromatic carbocycles. The fraction of sp³-hybridized carbons (Fsp3) is 0.129. The van der Waals surface area contributed by atoms with E-state index in [-0.39, 0.29) is 5.57 Å². The summed E-state index contributed by atoms with van der Waals surface area (Å²) in [5, 5.41) is 0. The number of benzene rings is 3. The lowest BCUT2D eigenvalue weighted by Gasteiger charge is -2.33. The van der Waals surface area contributed by atoms with Gasteiger partial charge in [-0.2, -0.15) is 0 Å². The molecule has 4 aromatic rings. The summed E-state index contributed by atoms with van der Waals surface area (Å²) >= 11 is 0. The van der Waals surface area contributed by atoms with Gasteiger partial charge in [0, 0.05) is 36.9 Å². The van der Waals surface area contributed by atoms with Gasteiger partial charge in [-0.1, -0.05) is 36.4 Å². The van der Waals surface area contributed by atoms with E-state index in [2.05, 4.69) is 4.57 Å². The molecule has 38 heavy (non-hydrogen) atoms. The van der Waals surface area contributed by atoms with Crippen LogP contribution in [0.15, 0.2) is 96.6 Å². The molecule has 0 radical (unpaired) electrons. The van der Waals surface area contributed by atoms with Crippen LogP contribution < -0.4 is 14.7 Å². The molecule has 4 amide bonds. The summed E-state index contributed by atoms with van der Waals surface area (Å²) in [6.45, 7) is 3.93. The number of anilines is 3. The molecule has 1 saturated heterocycles. The minimum Gasteiger partial charge on any atom is -0.378 e. The number of imide groups is 2. The average molecular weight is 505 g/mol. The van der Waals surface area contributed by atoms with Crippen LogP contribution in [0.5, 0.6) is 0 Å². The number of para-hydroxylation sites is 2. The number of urea groups is 1. The first-order valence-electron chi connectivity index (χ1n) is 12.3. The van der Waals surface area contributed by atoms with Gasteiger partial charge < -0.3 is 9.47 Å². The zero-order chi connectivity index (χ0) is 27.0. The molecule has 1 fully saturated rings. The quantitative estimate of drug-likeness (QED) is 0.257. The number of carbonyl (C=O) groups is 3. The molecule has 0 aliphatic carbocycles. The van der Waals surface area contributed by atoms with E-state index in [9.17, 15) is 14.4 Å². The van der Waals surface area contributed by atoms with Crippen molar-refractivity contribution < 1.29 is 14.4 Å². The highest BCUT2D eigenvalue weighted by Gasteiger charge is 2.43. The average Bonchev–Trinajstić information content (AvgIpc) is 3.20. The van der Waals surface area contributed by atoms with Crippen LogP contribution in [0.2, 0.25) is 0 Å². The van der Waals surface area contributed by atoms with E-state index in [4.69, 9.17) is 0 Å². The second kappa shape index (κ2) is 9.86. The SMILES string of the molecule is Cc1cc(C=C2C(=O)N(c3ccccc3)C(=O)N(c3ccccc3)C2=O)c(C)n1-c1ccc(N(C)C)cc1. The Bertz CT molecular complexity index is 1490. The molecule has 1 aliphatic heterocycles.